The Labute approximate surface area is 116 Å². The first kappa shape index (κ1) is 14.3. The summed E-state index contributed by atoms with van der Waals surface area (Å²) in [5.41, 5.74) is 0. The number of aliphatic carboxylic acids is 1. The maximum absolute atomic E-state index is 12.0. The third kappa shape index (κ3) is 3.25. The van der Waals surface area contributed by atoms with E-state index in [0.717, 1.165) is 6.42 Å². The Bertz CT molecular complexity index is 501. The molecule has 8 nitrogen and oxygen atoms in total. The molecule has 1 aromatic rings. The Hall–Kier alpha value is -2.12. The number of urea groups is 1. The number of rotatable bonds is 4. The van der Waals surface area contributed by atoms with Gasteiger partial charge in [0, 0.05) is 13.1 Å². The molecule has 1 aliphatic rings. The van der Waals surface area contributed by atoms with Crippen molar-refractivity contribution >= 4 is 12.0 Å². The summed E-state index contributed by atoms with van der Waals surface area (Å²) in [5, 5.41) is 18.5. The molecule has 1 aromatic heterocycles. The van der Waals surface area contributed by atoms with Crippen molar-refractivity contribution in [1.82, 2.24) is 25.4 Å². The topological polar surface area (TPSA) is 111 Å². The standard InChI is InChI=1S/C12H19N5O3/c1-7-13-10(16-15-7)6-17(2)12(20)14-9-5-3-4-8(9)11(18)19/h8-9H,3-6H2,1-2H3,(H,14,20)(H,18,19)(H,13,15,16). The van der Waals surface area contributed by atoms with Gasteiger partial charge in [-0.05, 0) is 19.8 Å². The number of nitrogens with one attached hydrogen (secondary N) is 2. The first-order valence-corrected chi connectivity index (χ1v) is 6.59. The van der Waals surface area contributed by atoms with Crippen molar-refractivity contribution in [2.45, 2.75) is 38.8 Å². The minimum atomic E-state index is -0.847. The highest BCUT2D eigenvalue weighted by Crippen LogP contribution is 2.25. The molecule has 0 aliphatic heterocycles. The van der Waals surface area contributed by atoms with Gasteiger partial charge in [-0.2, -0.15) is 5.10 Å². The number of hydrogen-bond acceptors (Lipinski definition) is 4. The zero-order valence-electron chi connectivity index (χ0n) is 11.6. The normalized spacial score (nSPS) is 21.7. The van der Waals surface area contributed by atoms with Crippen LogP contribution >= 0.6 is 0 Å². The van der Waals surface area contributed by atoms with Crippen LogP contribution in [0.4, 0.5) is 4.79 Å². The van der Waals surface area contributed by atoms with Crippen LogP contribution in [0.2, 0.25) is 0 Å². The molecule has 2 unspecified atom stereocenters. The number of nitrogens with zero attached hydrogens (tertiary/aromatic N) is 3. The lowest BCUT2D eigenvalue weighted by molar-refractivity contribution is -0.142. The van der Waals surface area contributed by atoms with Crippen LogP contribution in [0.15, 0.2) is 0 Å². The molecule has 2 amide bonds. The van der Waals surface area contributed by atoms with Crippen molar-refractivity contribution in [2.24, 2.45) is 5.92 Å². The van der Waals surface area contributed by atoms with E-state index in [0.29, 0.717) is 24.5 Å². The highest BCUT2D eigenvalue weighted by Gasteiger charge is 2.34. The summed E-state index contributed by atoms with van der Waals surface area (Å²) < 4.78 is 0. The fourth-order valence-corrected chi connectivity index (χ4v) is 2.44. The zero-order valence-corrected chi connectivity index (χ0v) is 11.6. The van der Waals surface area contributed by atoms with Gasteiger partial charge in [0.15, 0.2) is 5.82 Å². The predicted molar refractivity (Wildman–Crippen MR) is 69.9 cm³/mol. The number of carboxylic acids is 1. The highest BCUT2D eigenvalue weighted by molar-refractivity contribution is 5.76. The van der Waals surface area contributed by atoms with Gasteiger partial charge in [-0.25, -0.2) is 9.78 Å². The van der Waals surface area contributed by atoms with Crippen LogP contribution in [0.3, 0.4) is 0 Å². The van der Waals surface area contributed by atoms with Crippen LogP contribution in [0.1, 0.15) is 30.9 Å². The van der Waals surface area contributed by atoms with Gasteiger partial charge in [0.2, 0.25) is 0 Å². The van der Waals surface area contributed by atoms with Crippen molar-refractivity contribution in [3.8, 4) is 0 Å². The van der Waals surface area contributed by atoms with Crippen molar-refractivity contribution in [3.05, 3.63) is 11.6 Å². The van der Waals surface area contributed by atoms with Crippen LogP contribution in [0, 0.1) is 12.8 Å². The SMILES string of the molecule is Cc1nc(CN(C)C(=O)NC2CCCC2C(=O)O)n[nH]1. The second-order valence-electron chi connectivity index (χ2n) is 5.12. The molecule has 2 rings (SSSR count). The van der Waals surface area contributed by atoms with Crippen LogP contribution in [0.5, 0.6) is 0 Å². The Balaban J connectivity index is 1.89. The first-order chi connectivity index (χ1) is 9.47. The predicted octanol–water partition coefficient (Wildman–Crippen LogP) is 0.508. The van der Waals surface area contributed by atoms with E-state index in [1.807, 2.05) is 0 Å². The zero-order chi connectivity index (χ0) is 14.7. The van der Waals surface area contributed by atoms with E-state index in [1.54, 1.807) is 14.0 Å². The van der Waals surface area contributed by atoms with E-state index >= 15 is 0 Å². The van der Waals surface area contributed by atoms with E-state index in [2.05, 4.69) is 20.5 Å². The number of carboxylic acid groups (broad SMARTS) is 1. The molecule has 8 heteroatoms. The average Bonchev–Trinajstić information content (AvgIpc) is 2.98. The molecular weight excluding hydrogens is 262 g/mol. The van der Waals surface area contributed by atoms with Crippen molar-refractivity contribution in [3.63, 3.8) is 0 Å². The summed E-state index contributed by atoms with van der Waals surface area (Å²) in [6.45, 7) is 2.06. The minimum Gasteiger partial charge on any atom is -0.481 e. The van der Waals surface area contributed by atoms with Crippen molar-refractivity contribution < 1.29 is 14.7 Å². The molecule has 110 valence electrons. The second kappa shape index (κ2) is 5.89. The molecule has 0 aromatic carbocycles. The molecule has 0 spiro atoms. The number of aromatic nitrogens is 3. The number of aryl methyl sites for hydroxylation is 1. The molecule has 1 heterocycles. The Morgan fingerprint density at radius 2 is 2.25 bits per heavy atom. The molecule has 1 aliphatic carbocycles. The number of carbonyl (C=O) groups excluding carboxylic acids is 1. The third-order valence-corrected chi connectivity index (χ3v) is 3.51. The van der Waals surface area contributed by atoms with Crippen LogP contribution in [-0.2, 0) is 11.3 Å². The molecule has 0 bridgehead atoms. The van der Waals surface area contributed by atoms with Gasteiger partial charge < -0.3 is 15.3 Å². The number of carbonyl (C=O) groups is 2. The lowest BCUT2D eigenvalue weighted by atomic mass is 10.0. The summed E-state index contributed by atoms with van der Waals surface area (Å²) in [7, 11) is 1.63. The number of aromatic amines is 1. The van der Waals surface area contributed by atoms with Crippen LogP contribution in [0.25, 0.3) is 0 Å². The minimum absolute atomic E-state index is 0.278. The van der Waals surface area contributed by atoms with E-state index in [1.165, 1.54) is 4.90 Å². The fourth-order valence-electron chi connectivity index (χ4n) is 2.44. The number of amides is 2. The van der Waals surface area contributed by atoms with E-state index in [-0.39, 0.29) is 18.6 Å². The first-order valence-electron chi connectivity index (χ1n) is 6.59. The van der Waals surface area contributed by atoms with Gasteiger partial charge in [-0.3, -0.25) is 9.89 Å². The lowest BCUT2D eigenvalue weighted by Crippen LogP contribution is -2.45. The highest BCUT2D eigenvalue weighted by atomic mass is 16.4. The summed E-state index contributed by atoms with van der Waals surface area (Å²) in [6.07, 6.45) is 2.15. The summed E-state index contributed by atoms with van der Waals surface area (Å²) >= 11 is 0. The number of H-pyrrole nitrogens is 1. The summed E-state index contributed by atoms with van der Waals surface area (Å²) in [5.74, 6) is -0.116. The Kier molecular flexibility index (Phi) is 4.21. The summed E-state index contributed by atoms with van der Waals surface area (Å²) in [4.78, 5) is 28.7. The van der Waals surface area contributed by atoms with Crippen LogP contribution < -0.4 is 5.32 Å². The van der Waals surface area contributed by atoms with E-state index in [9.17, 15) is 9.59 Å². The van der Waals surface area contributed by atoms with Crippen molar-refractivity contribution in [2.75, 3.05) is 7.05 Å². The second-order valence-corrected chi connectivity index (χ2v) is 5.12. The van der Waals surface area contributed by atoms with Gasteiger partial charge in [-0.15, -0.1) is 0 Å². The molecule has 1 saturated carbocycles. The fraction of sp³-hybridized carbons (Fsp3) is 0.667. The van der Waals surface area contributed by atoms with E-state index < -0.39 is 11.9 Å². The molecule has 3 N–H and O–H groups in total. The van der Waals surface area contributed by atoms with E-state index in [4.69, 9.17) is 5.11 Å². The number of hydrogen-bond donors (Lipinski definition) is 3. The molecule has 0 radical (unpaired) electrons. The van der Waals surface area contributed by atoms with Gasteiger partial charge >= 0.3 is 12.0 Å². The van der Waals surface area contributed by atoms with Gasteiger partial charge in [0.25, 0.3) is 0 Å². The lowest BCUT2D eigenvalue weighted by Gasteiger charge is -2.22. The Morgan fingerprint density at radius 3 is 2.85 bits per heavy atom. The maximum Gasteiger partial charge on any atom is 0.317 e. The smallest absolute Gasteiger partial charge is 0.317 e. The third-order valence-electron chi connectivity index (χ3n) is 3.51. The molecule has 20 heavy (non-hydrogen) atoms. The molecule has 1 fully saturated rings. The van der Waals surface area contributed by atoms with Gasteiger partial charge in [0.1, 0.15) is 5.82 Å². The summed E-state index contributed by atoms with van der Waals surface area (Å²) in [6, 6.07) is -0.595. The van der Waals surface area contributed by atoms with Gasteiger partial charge in [-0.1, -0.05) is 6.42 Å². The maximum atomic E-state index is 12.0. The average molecular weight is 281 g/mol. The molecular formula is C12H19N5O3. The largest absolute Gasteiger partial charge is 0.481 e. The van der Waals surface area contributed by atoms with Crippen LogP contribution in [-0.4, -0.2) is 50.3 Å². The van der Waals surface area contributed by atoms with Gasteiger partial charge in [0.05, 0.1) is 12.5 Å². The van der Waals surface area contributed by atoms with Crippen molar-refractivity contribution in [1.29, 1.82) is 0 Å². The molecule has 2 atom stereocenters. The molecule has 0 saturated heterocycles. The monoisotopic (exact) mass is 281 g/mol. The Morgan fingerprint density at radius 1 is 1.50 bits per heavy atom. The quantitative estimate of drug-likeness (QED) is 0.744.